The van der Waals surface area contributed by atoms with Crippen LogP contribution in [0.25, 0.3) is 0 Å². The molecule has 3 rings (SSSR count). The quantitative estimate of drug-likeness (QED) is 0.750. The first-order chi connectivity index (χ1) is 14.1. The molecule has 2 aromatic rings. The van der Waals surface area contributed by atoms with Crippen LogP contribution in [0.2, 0.25) is 0 Å². The normalized spacial score (nSPS) is 14.4. The lowest BCUT2D eigenvalue weighted by Crippen LogP contribution is -2.41. The van der Waals surface area contributed by atoms with Gasteiger partial charge in [0.2, 0.25) is 0 Å². The van der Waals surface area contributed by atoms with Crippen molar-refractivity contribution < 1.29 is 14.3 Å². The van der Waals surface area contributed by atoms with Gasteiger partial charge < -0.3 is 15.4 Å². The number of rotatable bonds is 7. The highest BCUT2D eigenvalue weighted by molar-refractivity contribution is 6.06. The fourth-order valence-corrected chi connectivity index (χ4v) is 3.33. The molecule has 0 radical (unpaired) electrons. The molecule has 7 nitrogen and oxygen atoms in total. The highest BCUT2D eigenvalue weighted by Crippen LogP contribution is 2.22. The number of hydrogen-bond acceptors (Lipinski definition) is 5. The maximum Gasteiger partial charge on any atom is 0.269 e. The molecule has 0 atom stereocenters. The second-order valence-corrected chi connectivity index (χ2v) is 7.06. The van der Waals surface area contributed by atoms with Crippen molar-refractivity contribution in [2.45, 2.75) is 20.3 Å². The van der Waals surface area contributed by atoms with Gasteiger partial charge in [0, 0.05) is 43.6 Å². The van der Waals surface area contributed by atoms with Crippen molar-refractivity contribution in [2.24, 2.45) is 0 Å². The van der Waals surface area contributed by atoms with Crippen molar-refractivity contribution in [3.05, 3.63) is 58.9 Å². The van der Waals surface area contributed by atoms with Crippen LogP contribution < -0.4 is 10.6 Å². The van der Waals surface area contributed by atoms with Crippen molar-refractivity contribution in [2.75, 3.05) is 44.7 Å². The molecule has 29 heavy (non-hydrogen) atoms. The third-order valence-corrected chi connectivity index (χ3v) is 5.05. The molecule has 1 fully saturated rings. The Kier molecular flexibility index (Phi) is 7.32. The topological polar surface area (TPSA) is 83.6 Å². The zero-order valence-corrected chi connectivity index (χ0v) is 17.0. The first kappa shape index (κ1) is 21.0. The molecular formula is C22H28N4O3. The Balaban J connectivity index is 1.61. The van der Waals surface area contributed by atoms with Crippen molar-refractivity contribution in [3.63, 3.8) is 0 Å². The molecule has 1 aromatic heterocycles. The van der Waals surface area contributed by atoms with Crippen molar-refractivity contribution in [1.82, 2.24) is 15.2 Å². The van der Waals surface area contributed by atoms with E-state index in [0.717, 1.165) is 56.1 Å². The van der Waals surface area contributed by atoms with E-state index >= 15 is 0 Å². The number of morpholine rings is 1. The molecule has 2 heterocycles. The third-order valence-electron chi connectivity index (χ3n) is 5.05. The first-order valence-electron chi connectivity index (χ1n) is 10.0. The number of aromatic nitrogens is 1. The van der Waals surface area contributed by atoms with Crippen LogP contribution in [-0.2, 0) is 11.2 Å². The van der Waals surface area contributed by atoms with Crippen LogP contribution in [0.15, 0.2) is 36.5 Å². The number of carbonyl (C=O) groups is 2. The number of carbonyl (C=O) groups excluding carboxylic acids is 2. The standard InChI is InChI=1S/C22H28N4O3/c1-3-17-6-4-5-16(2)20(17)25-21(27)18-7-8-23-19(15-18)22(28)24-9-10-26-11-13-29-14-12-26/h4-8,15H,3,9-14H2,1-2H3,(H,24,28)(H,25,27). The maximum atomic E-state index is 12.7. The number of amides is 2. The summed E-state index contributed by atoms with van der Waals surface area (Å²) < 4.78 is 5.32. The number of anilines is 1. The molecule has 0 saturated carbocycles. The second-order valence-electron chi connectivity index (χ2n) is 7.06. The minimum Gasteiger partial charge on any atom is -0.379 e. The number of nitrogens with zero attached hydrogens (tertiary/aromatic N) is 2. The molecule has 0 aliphatic carbocycles. The molecule has 1 aliphatic heterocycles. The monoisotopic (exact) mass is 396 g/mol. The van der Waals surface area contributed by atoms with Gasteiger partial charge in [0.05, 0.1) is 13.2 Å². The number of benzene rings is 1. The predicted molar refractivity (Wildman–Crippen MR) is 112 cm³/mol. The van der Waals surface area contributed by atoms with Gasteiger partial charge in [0.15, 0.2) is 0 Å². The molecule has 2 amide bonds. The van der Waals surface area contributed by atoms with Gasteiger partial charge in [-0.15, -0.1) is 0 Å². The molecule has 154 valence electrons. The van der Waals surface area contributed by atoms with Gasteiger partial charge in [0.1, 0.15) is 5.69 Å². The van der Waals surface area contributed by atoms with Crippen LogP contribution >= 0.6 is 0 Å². The molecule has 1 saturated heterocycles. The average Bonchev–Trinajstić information content (AvgIpc) is 2.75. The van der Waals surface area contributed by atoms with E-state index in [1.807, 2.05) is 25.1 Å². The van der Waals surface area contributed by atoms with Crippen LogP contribution in [0.5, 0.6) is 0 Å². The van der Waals surface area contributed by atoms with Gasteiger partial charge >= 0.3 is 0 Å². The highest BCUT2D eigenvalue weighted by atomic mass is 16.5. The Morgan fingerprint density at radius 3 is 2.72 bits per heavy atom. The Labute approximate surface area is 171 Å². The zero-order valence-electron chi connectivity index (χ0n) is 17.0. The summed E-state index contributed by atoms with van der Waals surface area (Å²) in [5.41, 5.74) is 3.55. The van der Waals surface area contributed by atoms with E-state index in [9.17, 15) is 9.59 Å². The smallest absolute Gasteiger partial charge is 0.269 e. The first-order valence-corrected chi connectivity index (χ1v) is 10.0. The van der Waals surface area contributed by atoms with Gasteiger partial charge in [-0.05, 0) is 36.6 Å². The SMILES string of the molecule is CCc1cccc(C)c1NC(=O)c1ccnc(C(=O)NCCN2CCOCC2)c1. The van der Waals surface area contributed by atoms with Crippen LogP contribution in [0.1, 0.15) is 38.9 Å². The Morgan fingerprint density at radius 2 is 1.97 bits per heavy atom. The summed E-state index contributed by atoms with van der Waals surface area (Å²) in [4.78, 5) is 31.5. The number of pyridine rings is 1. The van der Waals surface area contributed by atoms with Gasteiger partial charge in [-0.1, -0.05) is 25.1 Å². The lowest BCUT2D eigenvalue weighted by atomic mass is 10.1. The van der Waals surface area contributed by atoms with Crippen LogP contribution in [0.3, 0.4) is 0 Å². The van der Waals surface area contributed by atoms with Gasteiger partial charge in [-0.3, -0.25) is 19.5 Å². The fourth-order valence-electron chi connectivity index (χ4n) is 3.33. The van der Waals surface area contributed by atoms with E-state index in [0.29, 0.717) is 12.1 Å². The summed E-state index contributed by atoms with van der Waals surface area (Å²) in [6.45, 7) is 8.53. The summed E-state index contributed by atoms with van der Waals surface area (Å²) in [5, 5.41) is 5.86. The minimum absolute atomic E-state index is 0.236. The Hall–Kier alpha value is -2.77. The van der Waals surface area contributed by atoms with E-state index in [2.05, 4.69) is 27.4 Å². The fraction of sp³-hybridized carbons (Fsp3) is 0.409. The Morgan fingerprint density at radius 1 is 1.17 bits per heavy atom. The number of para-hydroxylation sites is 1. The molecule has 0 unspecified atom stereocenters. The summed E-state index contributed by atoms with van der Waals surface area (Å²) in [5.74, 6) is -0.531. The van der Waals surface area contributed by atoms with E-state index in [4.69, 9.17) is 4.74 Å². The summed E-state index contributed by atoms with van der Waals surface area (Å²) >= 11 is 0. The lowest BCUT2D eigenvalue weighted by molar-refractivity contribution is 0.0383. The maximum absolute atomic E-state index is 12.7. The van der Waals surface area contributed by atoms with Crippen LogP contribution in [0.4, 0.5) is 5.69 Å². The van der Waals surface area contributed by atoms with Crippen LogP contribution in [0, 0.1) is 6.92 Å². The van der Waals surface area contributed by atoms with E-state index in [-0.39, 0.29) is 17.5 Å². The largest absolute Gasteiger partial charge is 0.379 e. The van der Waals surface area contributed by atoms with Gasteiger partial charge in [-0.2, -0.15) is 0 Å². The van der Waals surface area contributed by atoms with Gasteiger partial charge in [0.25, 0.3) is 11.8 Å². The minimum atomic E-state index is -0.280. The summed E-state index contributed by atoms with van der Waals surface area (Å²) in [6.07, 6.45) is 2.31. The Bertz CT molecular complexity index is 863. The van der Waals surface area contributed by atoms with E-state index in [1.54, 1.807) is 6.07 Å². The van der Waals surface area contributed by atoms with Crippen LogP contribution in [-0.4, -0.2) is 61.1 Å². The summed E-state index contributed by atoms with van der Waals surface area (Å²) in [6, 6.07) is 9.10. The average molecular weight is 396 g/mol. The molecule has 7 heteroatoms. The summed E-state index contributed by atoms with van der Waals surface area (Å²) in [7, 11) is 0. The predicted octanol–water partition coefficient (Wildman–Crippen LogP) is 2.27. The number of ether oxygens (including phenoxy) is 1. The van der Waals surface area contributed by atoms with Crippen molar-refractivity contribution in [3.8, 4) is 0 Å². The second kappa shape index (κ2) is 10.1. The molecule has 2 N–H and O–H groups in total. The molecule has 1 aromatic carbocycles. The molecule has 0 spiro atoms. The van der Waals surface area contributed by atoms with Gasteiger partial charge in [-0.25, -0.2) is 0 Å². The number of nitrogens with one attached hydrogen (secondary N) is 2. The number of aryl methyl sites for hydroxylation is 2. The lowest BCUT2D eigenvalue weighted by Gasteiger charge is -2.26. The molecule has 1 aliphatic rings. The van der Waals surface area contributed by atoms with Crippen molar-refractivity contribution >= 4 is 17.5 Å². The highest BCUT2D eigenvalue weighted by Gasteiger charge is 2.15. The molecule has 0 bridgehead atoms. The van der Waals surface area contributed by atoms with E-state index < -0.39 is 0 Å². The third kappa shape index (κ3) is 5.62. The van der Waals surface area contributed by atoms with E-state index in [1.165, 1.54) is 12.3 Å². The number of hydrogen-bond donors (Lipinski definition) is 2. The van der Waals surface area contributed by atoms with Crippen molar-refractivity contribution in [1.29, 1.82) is 0 Å². The molecular weight excluding hydrogens is 368 g/mol. The zero-order chi connectivity index (χ0) is 20.6.